The molecule has 126 valence electrons. The van der Waals surface area contributed by atoms with Gasteiger partial charge in [0.2, 0.25) is 0 Å². The highest BCUT2D eigenvalue weighted by Crippen LogP contribution is 2.33. The van der Waals surface area contributed by atoms with Gasteiger partial charge in [0.1, 0.15) is 11.5 Å². The lowest BCUT2D eigenvalue weighted by atomic mass is 9.95. The van der Waals surface area contributed by atoms with Crippen LogP contribution in [0.2, 0.25) is 0 Å². The van der Waals surface area contributed by atoms with Crippen molar-refractivity contribution in [1.82, 2.24) is 24.4 Å². The van der Waals surface area contributed by atoms with Gasteiger partial charge in [-0.05, 0) is 31.6 Å². The quantitative estimate of drug-likeness (QED) is 0.920. The molecule has 0 unspecified atom stereocenters. The van der Waals surface area contributed by atoms with Gasteiger partial charge in [-0.15, -0.1) is 0 Å². The van der Waals surface area contributed by atoms with Crippen LogP contribution in [0.4, 0.5) is 0 Å². The van der Waals surface area contributed by atoms with Gasteiger partial charge in [0, 0.05) is 44.1 Å². The molecule has 3 heterocycles. The van der Waals surface area contributed by atoms with Gasteiger partial charge in [0.25, 0.3) is 11.5 Å². The molecule has 2 aliphatic rings. The number of carbonyl (C=O) groups excluding carboxylic acids is 1. The molecule has 1 saturated carbocycles. The zero-order valence-corrected chi connectivity index (χ0v) is 13.5. The molecule has 0 spiro atoms. The van der Waals surface area contributed by atoms with Gasteiger partial charge in [-0.3, -0.25) is 9.59 Å². The SMILES string of the molecule is O=C(c1c[nH]c(=O)cn1)N1CCC(c2nccn2CC2CC2)CC1. The minimum absolute atomic E-state index is 0.119. The summed E-state index contributed by atoms with van der Waals surface area (Å²) >= 11 is 0. The maximum absolute atomic E-state index is 12.4. The third-order valence-corrected chi connectivity index (χ3v) is 4.94. The number of imidazole rings is 1. The Morgan fingerprint density at radius 1 is 1.21 bits per heavy atom. The lowest BCUT2D eigenvalue weighted by molar-refractivity contribution is 0.0703. The predicted molar refractivity (Wildman–Crippen MR) is 87.7 cm³/mol. The summed E-state index contributed by atoms with van der Waals surface area (Å²) in [5, 5.41) is 0. The van der Waals surface area contributed by atoms with Gasteiger partial charge < -0.3 is 14.5 Å². The fraction of sp³-hybridized carbons (Fsp3) is 0.529. The molecule has 0 aromatic carbocycles. The molecule has 24 heavy (non-hydrogen) atoms. The smallest absolute Gasteiger partial charge is 0.273 e. The van der Waals surface area contributed by atoms with E-state index in [1.54, 1.807) is 0 Å². The minimum Gasteiger partial charge on any atom is -0.337 e. The van der Waals surface area contributed by atoms with Crippen LogP contribution in [0.3, 0.4) is 0 Å². The monoisotopic (exact) mass is 327 g/mol. The number of H-pyrrole nitrogens is 1. The Morgan fingerprint density at radius 2 is 2.00 bits per heavy atom. The molecule has 1 saturated heterocycles. The molecule has 2 aromatic heterocycles. The lowest BCUT2D eigenvalue weighted by Gasteiger charge is -2.31. The fourth-order valence-corrected chi connectivity index (χ4v) is 3.38. The topological polar surface area (TPSA) is 83.9 Å². The van der Waals surface area contributed by atoms with Crippen molar-refractivity contribution in [2.24, 2.45) is 5.92 Å². The zero-order chi connectivity index (χ0) is 16.5. The number of likely N-dealkylation sites (tertiary alicyclic amines) is 1. The first-order chi connectivity index (χ1) is 11.7. The maximum Gasteiger partial charge on any atom is 0.273 e. The first-order valence-corrected chi connectivity index (χ1v) is 8.56. The number of aromatic amines is 1. The second kappa shape index (κ2) is 6.22. The molecule has 7 nitrogen and oxygen atoms in total. The largest absolute Gasteiger partial charge is 0.337 e. The Bertz CT molecular complexity index is 764. The average Bonchev–Trinajstić information content (AvgIpc) is 3.30. The van der Waals surface area contributed by atoms with Gasteiger partial charge in [0.05, 0.1) is 6.20 Å². The van der Waals surface area contributed by atoms with Crippen molar-refractivity contribution in [1.29, 1.82) is 0 Å². The number of hydrogen-bond donors (Lipinski definition) is 1. The predicted octanol–water partition coefficient (Wildman–Crippen LogP) is 1.40. The summed E-state index contributed by atoms with van der Waals surface area (Å²) < 4.78 is 2.29. The molecule has 2 fully saturated rings. The second-order valence-electron chi connectivity index (χ2n) is 6.74. The Morgan fingerprint density at radius 3 is 2.67 bits per heavy atom. The van der Waals surface area contributed by atoms with E-state index in [1.807, 2.05) is 11.1 Å². The van der Waals surface area contributed by atoms with E-state index in [9.17, 15) is 9.59 Å². The number of carbonyl (C=O) groups is 1. The fourth-order valence-electron chi connectivity index (χ4n) is 3.38. The first-order valence-electron chi connectivity index (χ1n) is 8.56. The molecule has 7 heteroatoms. The first kappa shape index (κ1) is 15.1. The molecule has 1 N–H and O–H groups in total. The van der Waals surface area contributed by atoms with Crippen molar-refractivity contribution in [2.45, 2.75) is 38.1 Å². The standard InChI is InChI=1S/C17H21N5O2/c23-15-10-19-14(9-20-15)17(24)21-6-3-13(4-7-21)16-18-5-8-22(16)11-12-1-2-12/h5,8-10,12-13H,1-4,6-7,11H2,(H,20,23). The Labute approximate surface area is 139 Å². The molecule has 0 bridgehead atoms. The van der Waals surface area contributed by atoms with Gasteiger partial charge in [-0.25, -0.2) is 9.97 Å². The third-order valence-electron chi connectivity index (χ3n) is 4.94. The summed E-state index contributed by atoms with van der Waals surface area (Å²) in [7, 11) is 0. The van der Waals surface area contributed by atoms with Crippen molar-refractivity contribution >= 4 is 5.91 Å². The molecular formula is C17H21N5O2. The van der Waals surface area contributed by atoms with E-state index in [4.69, 9.17) is 0 Å². The number of nitrogens with zero attached hydrogens (tertiary/aromatic N) is 4. The van der Waals surface area contributed by atoms with Crippen molar-refractivity contribution in [3.63, 3.8) is 0 Å². The summed E-state index contributed by atoms with van der Waals surface area (Å²) in [6.07, 6.45) is 11.0. The molecule has 1 amide bonds. The van der Waals surface area contributed by atoms with Crippen molar-refractivity contribution < 1.29 is 4.79 Å². The highest BCUT2D eigenvalue weighted by atomic mass is 16.2. The molecule has 0 radical (unpaired) electrons. The number of rotatable bonds is 4. The van der Waals surface area contributed by atoms with Gasteiger partial charge in [0.15, 0.2) is 0 Å². The molecule has 1 aliphatic heterocycles. The molecular weight excluding hydrogens is 306 g/mol. The number of piperidine rings is 1. The van der Waals surface area contributed by atoms with Crippen LogP contribution in [0.25, 0.3) is 0 Å². The van der Waals surface area contributed by atoms with Gasteiger partial charge in [-0.2, -0.15) is 0 Å². The molecule has 1 aliphatic carbocycles. The maximum atomic E-state index is 12.4. The van der Waals surface area contributed by atoms with Crippen molar-refractivity contribution in [2.75, 3.05) is 13.1 Å². The number of aromatic nitrogens is 4. The van der Waals surface area contributed by atoms with Crippen molar-refractivity contribution in [3.05, 3.63) is 46.7 Å². The van der Waals surface area contributed by atoms with E-state index in [1.165, 1.54) is 19.0 Å². The van der Waals surface area contributed by atoms with E-state index in [0.717, 1.165) is 37.3 Å². The van der Waals surface area contributed by atoms with E-state index in [0.29, 0.717) is 24.7 Å². The molecule has 4 rings (SSSR count). The Kier molecular flexibility index (Phi) is 3.92. The number of nitrogens with one attached hydrogen (secondary N) is 1. The van der Waals surface area contributed by atoms with Crippen LogP contribution in [0.1, 0.15) is 47.9 Å². The lowest BCUT2D eigenvalue weighted by Crippen LogP contribution is -2.39. The van der Waals surface area contributed by atoms with Crippen LogP contribution in [0.5, 0.6) is 0 Å². The summed E-state index contributed by atoms with van der Waals surface area (Å²) in [5.74, 6) is 2.28. The second-order valence-corrected chi connectivity index (χ2v) is 6.74. The van der Waals surface area contributed by atoms with Gasteiger partial charge in [-0.1, -0.05) is 0 Å². The highest BCUT2D eigenvalue weighted by Gasteiger charge is 2.29. The molecule has 2 aromatic rings. The van der Waals surface area contributed by atoms with E-state index in [-0.39, 0.29) is 11.5 Å². The average molecular weight is 327 g/mol. The van der Waals surface area contributed by atoms with E-state index >= 15 is 0 Å². The number of hydrogen-bond acceptors (Lipinski definition) is 4. The summed E-state index contributed by atoms with van der Waals surface area (Å²) in [6.45, 7) is 2.47. The van der Waals surface area contributed by atoms with Gasteiger partial charge >= 0.3 is 0 Å². The summed E-state index contributed by atoms with van der Waals surface area (Å²) in [4.78, 5) is 36.3. The van der Waals surface area contributed by atoms with E-state index in [2.05, 4.69) is 25.7 Å². The highest BCUT2D eigenvalue weighted by molar-refractivity contribution is 5.92. The normalized spacial score (nSPS) is 18.8. The van der Waals surface area contributed by atoms with Crippen molar-refractivity contribution in [3.8, 4) is 0 Å². The molecule has 0 atom stereocenters. The van der Waals surface area contributed by atoms with Crippen LogP contribution in [-0.2, 0) is 6.54 Å². The summed E-state index contributed by atoms with van der Waals surface area (Å²) in [5.41, 5.74) is -0.00367. The van der Waals surface area contributed by atoms with Crippen LogP contribution in [0, 0.1) is 5.92 Å². The van der Waals surface area contributed by atoms with Crippen LogP contribution >= 0.6 is 0 Å². The third kappa shape index (κ3) is 3.11. The summed E-state index contributed by atoms with van der Waals surface area (Å²) in [6, 6.07) is 0. The number of amides is 1. The van der Waals surface area contributed by atoms with E-state index < -0.39 is 0 Å². The van der Waals surface area contributed by atoms with Crippen LogP contribution < -0.4 is 5.56 Å². The Hall–Kier alpha value is -2.44. The van der Waals surface area contributed by atoms with Crippen LogP contribution in [0.15, 0.2) is 29.6 Å². The zero-order valence-electron chi connectivity index (χ0n) is 13.5. The Balaban J connectivity index is 1.39. The minimum atomic E-state index is -0.298. The van der Waals surface area contributed by atoms with Crippen LogP contribution in [-0.4, -0.2) is 43.4 Å².